The van der Waals surface area contributed by atoms with Crippen molar-refractivity contribution < 1.29 is 4.79 Å². The largest absolute Gasteiger partial charge is 0.322 e. The maximum absolute atomic E-state index is 12.2. The maximum Gasteiger partial charge on any atom is 0.255 e. The predicted octanol–water partition coefficient (Wildman–Crippen LogP) is 3.83. The first-order valence-corrected chi connectivity index (χ1v) is 7.10. The van der Waals surface area contributed by atoms with Crippen LogP contribution in [-0.4, -0.2) is 20.7 Å². The fraction of sp³-hybridized carbons (Fsp3) is 0. The van der Waals surface area contributed by atoms with Crippen LogP contribution < -0.4 is 5.32 Å². The summed E-state index contributed by atoms with van der Waals surface area (Å²) in [5.41, 5.74) is 1.93. The molecule has 0 saturated heterocycles. The Labute approximate surface area is 136 Å². The monoisotopic (exact) mass is 332 g/mol. The van der Waals surface area contributed by atoms with Crippen LogP contribution in [-0.2, 0) is 0 Å². The first-order valence-electron chi connectivity index (χ1n) is 6.35. The van der Waals surface area contributed by atoms with Crippen molar-refractivity contribution in [1.82, 2.24) is 14.8 Å². The third-order valence-electron chi connectivity index (χ3n) is 2.99. The lowest BCUT2D eigenvalue weighted by Crippen LogP contribution is -2.11. The minimum atomic E-state index is -0.233. The Bertz CT molecular complexity index is 801. The Morgan fingerprint density at radius 3 is 2.45 bits per heavy atom. The summed E-state index contributed by atoms with van der Waals surface area (Å²) in [5.74, 6) is -0.233. The van der Waals surface area contributed by atoms with Crippen molar-refractivity contribution in [3.63, 3.8) is 0 Å². The lowest BCUT2D eigenvalue weighted by Gasteiger charge is -2.07. The van der Waals surface area contributed by atoms with Crippen molar-refractivity contribution in [1.29, 1.82) is 0 Å². The van der Waals surface area contributed by atoms with Gasteiger partial charge in [-0.15, -0.1) is 0 Å². The Kier molecular flexibility index (Phi) is 4.09. The molecule has 1 N–H and O–H groups in total. The first kappa shape index (κ1) is 14.6. The Morgan fingerprint density at radius 2 is 1.82 bits per heavy atom. The summed E-state index contributed by atoms with van der Waals surface area (Å²) in [6.07, 6.45) is 3.04. The summed E-state index contributed by atoms with van der Waals surface area (Å²) < 4.78 is 1.61. The van der Waals surface area contributed by atoms with E-state index in [-0.39, 0.29) is 5.91 Å². The van der Waals surface area contributed by atoms with Crippen LogP contribution in [0.2, 0.25) is 10.0 Å². The molecule has 2 aromatic carbocycles. The fourth-order valence-corrected chi connectivity index (χ4v) is 2.18. The van der Waals surface area contributed by atoms with Crippen LogP contribution in [0.3, 0.4) is 0 Å². The van der Waals surface area contributed by atoms with Gasteiger partial charge in [-0.2, -0.15) is 5.10 Å². The second-order valence-electron chi connectivity index (χ2n) is 4.47. The quantitative estimate of drug-likeness (QED) is 0.792. The zero-order valence-electron chi connectivity index (χ0n) is 11.2. The molecule has 7 heteroatoms. The molecule has 0 aliphatic carbocycles. The maximum atomic E-state index is 12.2. The second kappa shape index (κ2) is 6.17. The van der Waals surface area contributed by atoms with Crippen molar-refractivity contribution in [3.8, 4) is 5.69 Å². The lowest BCUT2D eigenvalue weighted by molar-refractivity contribution is 0.102. The van der Waals surface area contributed by atoms with Gasteiger partial charge in [-0.25, -0.2) is 9.67 Å². The van der Waals surface area contributed by atoms with Gasteiger partial charge in [0, 0.05) is 11.3 Å². The minimum Gasteiger partial charge on any atom is -0.322 e. The van der Waals surface area contributed by atoms with E-state index in [1.165, 1.54) is 6.33 Å². The molecule has 0 bridgehead atoms. The molecular formula is C15H10Cl2N4O. The van der Waals surface area contributed by atoms with Crippen molar-refractivity contribution in [3.05, 3.63) is 70.7 Å². The van der Waals surface area contributed by atoms with Gasteiger partial charge in [-0.1, -0.05) is 23.2 Å². The van der Waals surface area contributed by atoms with Crippen molar-refractivity contribution >= 4 is 34.8 Å². The summed E-state index contributed by atoms with van der Waals surface area (Å²) in [7, 11) is 0. The van der Waals surface area contributed by atoms with Crippen LogP contribution in [0.5, 0.6) is 0 Å². The molecule has 0 saturated carbocycles. The van der Waals surface area contributed by atoms with Gasteiger partial charge < -0.3 is 5.32 Å². The van der Waals surface area contributed by atoms with Gasteiger partial charge >= 0.3 is 0 Å². The average Bonchev–Trinajstić information content (AvgIpc) is 3.05. The number of carbonyl (C=O) groups excluding carboxylic acids is 1. The molecule has 3 rings (SSSR count). The second-order valence-corrected chi connectivity index (χ2v) is 5.28. The van der Waals surface area contributed by atoms with E-state index in [0.29, 0.717) is 21.3 Å². The number of nitrogens with zero attached hydrogens (tertiary/aromatic N) is 3. The van der Waals surface area contributed by atoms with E-state index >= 15 is 0 Å². The lowest BCUT2D eigenvalue weighted by atomic mass is 10.2. The zero-order valence-corrected chi connectivity index (χ0v) is 12.7. The van der Waals surface area contributed by atoms with Gasteiger partial charge in [0.05, 0.1) is 15.7 Å². The molecule has 110 valence electrons. The van der Waals surface area contributed by atoms with Crippen LogP contribution in [0.1, 0.15) is 10.4 Å². The predicted molar refractivity (Wildman–Crippen MR) is 85.8 cm³/mol. The van der Waals surface area contributed by atoms with E-state index in [0.717, 1.165) is 5.69 Å². The number of hydrogen-bond acceptors (Lipinski definition) is 3. The van der Waals surface area contributed by atoms with Crippen molar-refractivity contribution in [2.45, 2.75) is 0 Å². The fourth-order valence-electron chi connectivity index (χ4n) is 1.88. The van der Waals surface area contributed by atoms with Crippen LogP contribution in [0, 0.1) is 0 Å². The van der Waals surface area contributed by atoms with Gasteiger partial charge in [0.15, 0.2) is 0 Å². The molecule has 0 unspecified atom stereocenters. The van der Waals surface area contributed by atoms with Crippen LogP contribution in [0.4, 0.5) is 5.69 Å². The highest BCUT2D eigenvalue weighted by atomic mass is 35.5. The number of carbonyl (C=O) groups is 1. The molecule has 22 heavy (non-hydrogen) atoms. The average molecular weight is 333 g/mol. The summed E-state index contributed by atoms with van der Waals surface area (Å²) in [6.45, 7) is 0. The molecule has 0 radical (unpaired) electrons. The molecular weight excluding hydrogens is 323 g/mol. The SMILES string of the molecule is O=C(Nc1ccc(Cl)c(Cl)c1)c1ccc(-n2cncn2)cc1. The van der Waals surface area contributed by atoms with Gasteiger partial charge in [0.25, 0.3) is 5.91 Å². The van der Waals surface area contributed by atoms with E-state index < -0.39 is 0 Å². The topological polar surface area (TPSA) is 59.8 Å². The summed E-state index contributed by atoms with van der Waals surface area (Å²) in [4.78, 5) is 16.1. The van der Waals surface area contributed by atoms with E-state index in [1.807, 2.05) is 0 Å². The highest BCUT2D eigenvalue weighted by molar-refractivity contribution is 6.42. The van der Waals surface area contributed by atoms with Crippen LogP contribution in [0.15, 0.2) is 55.1 Å². The summed E-state index contributed by atoms with van der Waals surface area (Å²) >= 11 is 11.8. The van der Waals surface area contributed by atoms with E-state index in [4.69, 9.17) is 23.2 Å². The molecule has 0 atom stereocenters. The molecule has 1 amide bonds. The van der Waals surface area contributed by atoms with Crippen LogP contribution in [0.25, 0.3) is 5.69 Å². The van der Waals surface area contributed by atoms with E-state index in [2.05, 4.69) is 15.4 Å². The number of amides is 1. The standard InChI is InChI=1S/C15H10Cl2N4O/c16-13-6-3-11(7-14(13)17)20-15(22)10-1-4-12(5-2-10)21-9-18-8-19-21/h1-9H,(H,20,22). The highest BCUT2D eigenvalue weighted by Gasteiger charge is 2.08. The number of hydrogen-bond donors (Lipinski definition) is 1. The first-order chi connectivity index (χ1) is 10.6. The normalized spacial score (nSPS) is 10.5. The van der Waals surface area contributed by atoms with Gasteiger partial charge in [-0.05, 0) is 42.5 Å². The molecule has 0 aliphatic rings. The number of nitrogens with one attached hydrogen (secondary N) is 1. The summed E-state index contributed by atoms with van der Waals surface area (Å²) in [6, 6.07) is 11.9. The van der Waals surface area contributed by atoms with E-state index in [9.17, 15) is 4.79 Å². The zero-order chi connectivity index (χ0) is 15.5. The Morgan fingerprint density at radius 1 is 1.05 bits per heavy atom. The minimum absolute atomic E-state index is 0.233. The molecule has 5 nitrogen and oxygen atoms in total. The van der Waals surface area contributed by atoms with Crippen molar-refractivity contribution in [2.24, 2.45) is 0 Å². The molecule has 1 aromatic heterocycles. The van der Waals surface area contributed by atoms with Gasteiger partial charge in [0.1, 0.15) is 12.7 Å². The Hall–Kier alpha value is -2.37. The number of benzene rings is 2. The molecule has 0 fully saturated rings. The summed E-state index contributed by atoms with van der Waals surface area (Å²) in [5, 5.41) is 7.62. The van der Waals surface area contributed by atoms with E-state index in [1.54, 1.807) is 53.5 Å². The molecule has 1 heterocycles. The number of aromatic nitrogens is 3. The molecule has 0 spiro atoms. The number of halogens is 2. The smallest absolute Gasteiger partial charge is 0.255 e. The van der Waals surface area contributed by atoms with Gasteiger partial charge in [-0.3, -0.25) is 4.79 Å². The van der Waals surface area contributed by atoms with Gasteiger partial charge in [0.2, 0.25) is 0 Å². The number of anilines is 1. The van der Waals surface area contributed by atoms with Crippen molar-refractivity contribution in [2.75, 3.05) is 5.32 Å². The van der Waals surface area contributed by atoms with Crippen LogP contribution >= 0.6 is 23.2 Å². The number of rotatable bonds is 3. The molecule has 3 aromatic rings. The highest BCUT2D eigenvalue weighted by Crippen LogP contribution is 2.25. The molecule has 0 aliphatic heterocycles. The Balaban J connectivity index is 1.76. The third-order valence-corrected chi connectivity index (χ3v) is 3.73. The third kappa shape index (κ3) is 3.10.